The summed E-state index contributed by atoms with van der Waals surface area (Å²) in [5, 5.41) is 6.59. The van der Waals surface area contributed by atoms with E-state index in [0.717, 1.165) is 19.3 Å². The van der Waals surface area contributed by atoms with E-state index >= 15 is 0 Å². The number of fused-ring (bicyclic) bond motifs is 1. The summed E-state index contributed by atoms with van der Waals surface area (Å²) in [5.74, 6) is 0. The molecule has 3 rings (SSSR count). The Balaban J connectivity index is 1.48. The summed E-state index contributed by atoms with van der Waals surface area (Å²) < 4.78 is 5.29. The summed E-state index contributed by atoms with van der Waals surface area (Å²) >= 11 is 0. The average Bonchev–Trinajstić information content (AvgIpc) is 2.96. The summed E-state index contributed by atoms with van der Waals surface area (Å²) in [5.41, 5.74) is 2.43. The molecule has 1 aromatic rings. The lowest BCUT2D eigenvalue weighted by Crippen LogP contribution is -2.37. The van der Waals surface area contributed by atoms with Crippen LogP contribution in [0.2, 0.25) is 0 Å². The zero-order valence-corrected chi connectivity index (χ0v) is 13.0. The van der Waals surface area contributed by atoms with Crippen molar-refractivity contribution >= 4 is 6.09 Å². The van der Waals surface area contributed by atoms with Crippen LogP contribution in [0.5, 0.6) is 0 Å². The summed E-state index contributed by atoms with van der Waals surface area (Å²) in [6, 6.07) is 9.62. The van der Waals surface area contributed by atoms with Crippen molar-refractivity contribution in [2.45, 2.75) is 63.8 Å². The number of nitrogens with one attached hydrogen (secondary N) is 2. The van der Waals surface area contributed by atoms with Crippen LogP contribution in [0, 0.1) is 0 Å². The molecule has 21 heavy (non-hydrogen) atoms. The maximum Gasteiger partial charge on any atom is 0.407 e. The third-order valence-electron chi connectivity index (χ3n) is 4.04. The lowest BCUT2D eigenvalue weighted by atomic mass is 10.1. The van der Waals surface area contributed by atoms with Crippen LogP contribution in [-0.4, -0.2) is 23.8 Å². The van der Waals surface area contributed by atoms with Crippen LogP contribution in [0.3, 0.4) is 0 Å². The summed E-state index contributed by atoms with van der Waals surface area (Å²) in [7, 11) is 0. The van der Waals surface area contributed by atoms with Crippen LogP contribution >= 0.6 is 0 Å². The maximum atomic E-state index is 11.7. The van der Waals surface area contributed by atoms with Crippen molar-refractivity contribution in [3.63, 3.8) is 0 Å². The molecular weight excluding hydrogens is 264 g/mol. The van der Waals surface area contributed by atoms with Crippen molar-refractivity contribution in [1.82, 2.24) is 10.6 Å². The van der Waals surface area contributed by atoms with Gasteiger partial charge in [0.25, 0.3) is 0 Å². The molecule has 0 radical (unpaired) electrons. The highest BCUT2D eigenvalue weighted by atomic mass is 16.6. The fourth-order valence-electron chi connectivity index (χ4n) is 2.99. The second-order valence-corrected chi connectivity index (χ2v) is 7.05. The predicted octanol–water partition coefficient (Wildman–Crippen LogP) is 2.93. The van der Waals surface area contributed by atoms with Crippen molar-refractivity contribution in [1.29, 1.82) is 0 Å². The number of carbonyl (C=O) groups is 1. The predicted molar refractivity (Wildman–Crippen MR) is 82.2 cm³/mol. The molecule has 1 saturated carbocycles. The van der Waals surface area contributed by atoms with Gasteiger partial charge in [-0.2, -0.15) is 0 Å². The highest BCUT2D eigenvalue weighted by Crippen LogP contribution is 2.34. The Morgan fingerprint density at radius 2 is 2.00 bits per heavy atom. The second kappa shape index (κ2) is 5.34. The van der Waals surface area contributed by atoms with E-state index in [1.54, 1.807) is 0 Å². The number of benzene rings is 1. The normalized spacial score (nSPS) is 27.1. The minimum absolute atomic E-state index is 0.201. The molecule has 0 aliphatic heterocycles. The Hall–Kier alpha value is -1.55. The number of carbonyl (C=O) groups excluding carboxylic acids is 1. The molecule has 1 amide bonds. The van der Waals surface area contributed by atoms with Crippen molar-refractivity contribution in [2.75, 3.05) is 0 Å². The Morgan fingerprint density at radius 1 is 1.24 bits per heavy atom. The van der Waals surface area contributed by atoms with Crippen LogP contribution in [0.25, 0.3) is 0 Å². The first kappa shape index (κ1) is 14.4. The molecule has 2 aliphatic carbocycles. The van der Waals surface area contributed by atoms with E-state index in [0.29, 0.717) is 12.1 Å². The van der Waals surface area contributed by atoms with Crippen LogP contribution in [0.4, 0.5) is 4.79 Å². The SMILES string of the molecule is CC(C)(C)OC(=O)NC1CC1NC1CCc2ccccc21. The minimum atomic E-state index is -0.438. The molecule has 0 heterocycles. The third kappa shape index (κ3) is 3.56. The first-order valence-electron chi connectivity index (χ1n) is 7.76. The standard InChI is InChI=1S/C17H24N2O2/c1-17(2,3)21-16(20)19-15-10-14(15)18-13-9-8-11-6-4-5-7-12(11)13/h4-7,13-15,18H,8-10H2,1-3H3,(H,19,20). The smallest absolute Gasteiger partial charge is 0.407 e. The molecule has 4 nitrogen and oxygen atoms in total. The average molecular weight is 288 g/mol. The molecule has 0 saturated heterocycles. The number of ether oxygens (including phenoxy) is 1. The van der Waals surface area contributed by atoms with Gasteiger partial charge in [-0.15, -0.1) is 0 Å². The van der Waals surface area contributed by atoms with Crippen molar-refractivity contribution in [3.05, 3.63) is 35.4 Å². The molecule has 1 fully saturated rings. The Labute approximate surface area is 126 Å². The van der Waals surface area contributed by atoms with Gasteiger partial charge in [0, 0.05) is 18.1 Å². The van der Waals surface area contributed by atoms with Crippen LogP contribution in [0.1, 0.15) is 50.8 Å². The summed E-state index contributed by atoms with van der Waals surface area (Å²) in [6.07, 6.45) is 2.96. The van der Waals surface area contributed by atoms with E-state index in [2.05, 4.69) is 34.9 Å². The van der Waals surface area contributed by atoms with Crippen molar-refractivity contribution in [3.8, 4) is 0 Å². The van der Waals surface area contributed by atoms with Gasteiger partial charge in [0.1, 0.15) is 5.60 Å². The lowest BCUT2D eigenvalue weighted by molar-refractivity contribution is 0.0522. The molecule has 4 heteroatoms. The van der Waals surface area contributed by atoms with E-state index in [4.69, 9.17) is 4.74 Å². The zero-order valence-electron chi connectivity index (χ0n) is 13.0. The minimum Gasteiger partial charge on any atom is -0.444 e. The van der Waals surface area contributed by atoms with E-state index in [-0.39, 0.29) is 12.1 Å². The molecule has 0 aromatic heterocycles. The van der Waals surface area contributed by atoms with Crippen molar-refractivity contribution in [2.24, 2.45) is 0 Å². The van der Waals surface area contributed by atoms with Gasteiger partial charge in [0.05, 0.1) is 0 Å². The molecule has 3 atom stereocenters. The van der Waals surface area contributed by atoms with Gasteiger partial charge in [0.15, 0.2) is 0 Å². The number of hydrogen-bond acceptors (Lipinski definition) is 3. The quantitative estimate of drug-likeness (QED) is 0.899. The van der Waals surface area contributed by atoms with E-state index in [1.807, 2.05) is 20.8 Å². The largest absolute Gasteiger partial charge is 0.444 e. The number of alkyl carbamates (subject to hydrolysis) is 1. The molecule has 3 unspecified atom stereocenters. The highest BCUT2D eigenvalue weighted by Gasteiger charge is 2.41. The zero-order chi connectivity index (χ0) is 15.0. The Bertz CT molecular complexity index is 536. The number of amides is 1. The van der Waals surface area contributed by atoms with Gasteiger partial charge in [-0.05, 0) is 51.2 Å². The fraction of sp³-hybridized carbons (Fsp3) is 0.588. The molecule has 2 aliphatic rings. The third-order valence-corrected chi connectivity index (χ3v) is 4.04. The van der Waals surface area contributed by atoms with Gasteiger partial charge in [0.2, 0.25) is 0 Å². The molecule has 2 N–H and O–H groups in total. The van der Waals surface area contributed by atoms with Gasteiger partial charge in [-0.25, -0.2) is 4.79 Å². The van der Waals surface area contributed by atoms with Crippen molar-refractivity contribution < 1.29 is 9.53 Å². The highest BCUT2D eigenvalue weighted by molar-refractivity contribution is 5.68. The first-order chi connectivity index (χ1) is 9.92. The van der Waals surface area contributed by atoms with Crippen LogP contribution in [0.15, 0.2) is 24.3 Å². The van der Waals surface area contributed by atoms with Gasteiger partial charge in [-0.3, -0.25) is 0 Å². The van der Waals surface area contributed by atoms with E-state index < -0.39 is 5.60 Å². The number of hydrogen-bond donors (Lipinski definition) is 2. The van der Waals surface area contributed by atoms with Gasteiger partial charge >= 0.3 is 6.09 Å². The molecule has 0 spiro atoms. The lowest BCUT2D eigenvalue weighted by Gasteiger charge is -2.20. The Morgan fingerprint density at radius 3 is 2.76 bits per heavy atom. The van der Waals surface area contributed by atoms with E-state index in [9.17, 15) is 4.79 Å². The molecule has 1 aromatic carbocycles. The van der Waals surface area contributed by atoms with E-state index in [1.165, 1.54) is 11.1 Å². The van der Waals surface area contributed by atoms with Crippen LogP contribution < -0.4 is 10.6 Å². The monoisotopic (exact) mass is 288 g/mol. The van der Waals surface area contributed by atoms with Gasteiger partial charge in [-0.1, -0.05) is 24.3 Å². The molecule has 0 bridgehead atoms. The van der Waals surface area contributed by atoms with Crippen LogP contribution in [-0.2, 0) is 11.2 Å². The number of aryl methyl sites for hydroxylation is 1. The molecular formula is C17H24N2O2. The van der Waals surface area contributed by atoms with Gasteiger partial charge < -0.3 is 15.4 Å². The maximum absolute atomic E-state index is 11.7. The summed E-state index contributed by atoms with van der Waals surface area (Å²) in [4.78, 5) is 11.7. The number of rotatable bonds is 3. The first-order valence-corrected chi connectivity index (χ1v) is 7.76. The fourth-order valence-corrected chi connectivity index (χ4v) is 2.99. The summed E-state index contributed by atoms with van der Waals surface area (Å²) in [6.45, 7) is 5.64. The second-order valence-electron chi connectivity index (χ2n) is 7.05. The Kier molecular flexibility index (Phi) is 3.66. The molecule has 114 valence electrons. The topological polar surface area (TPSA) is 50.4 Å².